The highest BCUT2D eigenvalue weighted by Crippen LogP contribution is 2.27. The highest BCUT2D eigenvalue weighted by molar-refractivity contribution is 7.90. The smallest absolute Gasteiger partial charge is 0.175 e. The van der Waals surface area contributed by atoms with Gasteiger partial charge in [-0.3, -0.25) is 0 Å². The third kappa shape index (κ3) is 2.81. The molecule has 0 heterocycles. The van der Waals surface area contributed by atoms with Crippen LogP contribution < -0.4 is 0 Å². The van der Waals surface area contributed by atoms with E-state index >= 15 is 0 Å². The van der Waals surface area contributed by atoms with Crippen LogP contribution in [0.2, 0.25) is 0 Å². The van der Waals surface area contributed by atoms with Gasteiger partial charge < -0.3 is 0 Å². The standard InChI is InChI=1S/C12H18O2S/c1-9-6-7-10(15(5,13)14)8-11(9)12(2,3)4/h6-8H,1-5H3. The van der Waals surface area contributed by atoms with Crippen molar-refractivity contribution in [3.63, 3.8) is 0 Å². The van der Waals surface area contributed by atoms with E-state index in [-0.39, 0.29) is 5.41 Å². The Morgan fingerprint density at radius 2 is 1.67 bits per heavy atom. The average Bonchev–Trinajstić information content (AvgIpc) is 2.00. The number of aryl methyl sites for hydroxylation is 1. The molecule has 0 fully saturated rings. The first-order valence-electron chi connectivity index (χ1n) is 4.93. The lowest BCUT2D eigenvalue weighted by atomic mass is 9.84. The molecule has 15 heavy (non-hydrogen) atoms. The average molecular weight is 226 g/mol. The fourth-order valence-electron chi connectivity index (χ4n) is 1.64. The van der Waals surface area contributed by atoms with E-state index in [1.807, 2.05) is 13.0 Å². The molecule has 0 aliphatic rings. The van der Waals surface area contributed by atoms with Crippen molar-refractivity contribution in [2.45, 2.75) is 38.0 Å². The predicted molar refractivity (Wildman–Crippen MR) is 63.0 cm³/mol. The summed E-state index contributed by atoms with van der Waals surface area (Å²) in [6.07, 6.45) is 1.24. The second-order valence-electron chi connectivity index (χ2n) is 5.00. The van der Waals surface area contributed by atoms with Crippen molar-refractivity contribution in [3.05, 3.63) is 29.3 Å². The van der Waals surface area contributed by atoms with Crippen LogP contribution in [0.25, 0.3) is 0 Å². The highest BCUT2D eigenvalue weighted by atomic mass is 32.2. The van der Waals surface area contributed by atoms with E-state index < -0.39 is 9.84 Å². The summed E-state index contributed by atoms with van der Waals surface area (Å²) in [6, 6.07) is 5.32. The molecular formula is C12H18O2S. The normalized spacial score (nSPS) is 12.9. The Balaban J connectivity index is 3.43. The number of benzene rings is 1. The van der Waals surface area contributed by atoms with E-state index in [9.17, 15) is 8.42 Å². The van der Waals surface area contributed by atoms with Gasteiger partial charge in [0.05, 0.1) is 4.90 Å². The maximum Gasteiger partial charge on any atom is 0.175 e. The summed E-state index contributed by atoms with van der Waals surface area (Å²) in [5, 5.41) is 0. The van der Waals surface area contributed by atoms with E-state index in [2.05, 4.69) is 20.8 Å². The predicted octanol–water partition coefficient (Wildman–Crippen LogP) is 2.70. The van der Waals surface area contributed by atoms with Crippen molar-refractivity contribution in [2.75, 3.05) is 6.26 Å². The molecule has 84 valence electrons. The van der Waals surface area contributed by atoms with Gasteiger partial charge in [-0.15, -0.1) is 0 Å². The Morgan fingerprint density at radius 1 is 1.13 bits per heavy atom. The minimum Gasteiger partial charge on any atom is -0.224 e. The first kappa shape index (κ1) is 12.2. The molecule has 2 nitrogen and oxygen atoms in total. The summed E-state index contributed by atoms with van der Waals surface area (Å²) >= 11 is 0. The lowest BCUT2D eigenvalue weighted by Crippen LogP contribution is -2.14. The van der Waals surface area contributed by atoms with Crippen molar-refractivity contribution in [2.24, 2.45) is 0 Å². The van der Waals surface area contributed by atoms with Crippen LogP contribution in [-0.4, -0.2) is 14.7 Å². The van der Waals surface area contributed by atoms with Crippen molar-refractivity contribution < 1.29 is 8.42 Å². The lowest BCUT2D eigenvalue weighted by Gasteiger charge is -2.22. The van der Waals surface area contributed by atoms with Crippen LogP contribution >= 0.6 is 0 Å². The molecule has 1 rings (SSSR count). The van der Waals surface area contributed by atoms with Gasteiger partial charge in [0.2, 0.25) is 0 Å². The lowest BCUT2D eigenvalue weighted by molar-refractivity contribution is 0.581. The van der Waals surface area contributed by atoms with Crippen molar-refractivity contribution in [1.29, 1.82) is 0 Å². The SMILES string of the molecule is Cc1ccc(S(C)(=O)=O)cc1C(C)(C)C. The van der Waals surface area contributed by atoms with Gasteiger partial charge in [0.15, 0.2) is 9.84 Å². The fraction of sp³-hybridized carbons (Fsp3) is 0.500. The van der Waals surface area contributed by atoms with E-state index in [0.717, 1.165) is 11.1 Å². The molecule has 3 heteroatoms. The molecule has 1 aromatic carbocycles. The van der Waals surface area contributed by atoms with Crippen molar-refractivity contribution in [3.8, 4) is 0 Å². The summed E-state index contributed by atoms with van der Waals surface area (Å²) in [6.45, 7) is 8.26. The molecule has 0 aromatic heterocycles. The van der Waals surface area contributed by atoms with Crippen molar-refractivity contribution >= 4 is 9.84 Å². The maximum absolute atomic E-state index is 11.4. The summed E-state index contributed by atoms with van der Waals surface area (Å²) < 4.78 is 22.8. The van der Waals surface area contributed by atoms with E-state index in [4.69, 9.17) is 0 Å². The molecule has 0 bridgehead atoms. The third-order valence-corrected chi connectivity index (χ3v) is 3.56. The van der Waals surface area contributed by atoms with Crippen LogP contribution in [0, 0.1) is 6.92 Å². The number of sulfone groups is 1. The third-order valence-electron chi connectivity index (χ3n) is 2.45. The fourth-order valence-corrected chi connectivity index (χ4v) is 2.29. The van der Waals surface area contributed by atoms with E-state index in [1.165, 1.54) is 6.26 Å². The summed E-state index contributed by atoms with van der Waals surface area (Å²) in [4.78, 5) is 0.401. The minimum atomic E-state index is -3.10. The molecule has 0 saturated carbocycles. The summed E-state index contributed by atoms with van der Waals surface area (Å²) in [5.74, 6) is 0. The van der Waals surface area contributed by atoms with Gasteiger partial charge >= 0.3 is 0 Å². The largest absolute Gasteiger partial charge is 0.224 e. The molecule has 0 unspecified atom stereocenters. The van der Waals surface area contributed by atoms with Crippen LogP contribution in [-0.2, 0) is 15.3 Å². The molecule has 0 amide bonds. The van der Waals surface area contributed by atoms with Gasteiger partial charge in [-0.25, -0.2) is 8.42 Å². The van der Waals surface area contributed by atoms with Crippen LogP contribution in [0.1, 0.15) is 31.9 Å². The van der Waals surface area contributed by atoms with Crippen LogP contribution in [0.3, 0.4) is 0 Å². The zero-order valence-corrected chi connectivity index (χ0v) is 10.8. The van der Waals surface area contributed by atoms with Gasteiger partial charge in [-0.05, 0) is 35.6 Å². The summed E-state index contributed by atoms with van der Waals surface area (Å²) in [5.41, 5.74) is 2.20. The van der Waals surface area contributed by atoms with Crippen molar-refractivity contribution in [1.82, 2.24) is 0 Å². The Hall–Kier alpha value is -0.830. The number of hydrogen-bond acceptors (Lipinski definition) is 2. The molecule has 0 aliphatic carbocycles. The van der Waals surface area contributed by atoms with Gasteiger partial charge in [0, 0.05) is 6.26 Å². The van der Waals surface area contributed by atoms with Gasteiger partial charge in [0.25, 0.3) is 0 Å². The molecule has 0 atom stereocenters. The second kappa shape index (κ2) is 3.63. The molecule has 0 spiro atoms. The Labute approximate surface area is 92.2 Å². The minimum absolute atomic E-state index is 0.0230. The van der Waals surface area contributed by atoms with Crippen LogP contribution in [0.15, 0.2) is 23.1 Å². The second-order valence-corrected chi connectivity index (χ2v) is 7.01. The molecule has 0 saturated heterocycles. The quantitative estimate of drug-likeness (QED) is 0.738. The zero-order chi connectivity index (χ0) is 11.9. The highest BCUT2D eigenvalue weighted by Gasteiger charge is 2.18. The Kier molecular flexibility index (Phi) is 2.97. The van der Waals surface area contributed by atoms with E-state index in [0.29, 0.717) is 4.90 Å². The maximum atomic E-state index is 11.4. The van der Waals surface area contributed by atoms with Gasteiger partial charge in [-0.1, -0.05) is 26.8 Å². The van der Waals surface area contributed by atoms with Crippen LogP contribution in [0.4, 0.5) is 0 Å². The van der Waals surface area contributed by atoms with Crippen LogP contribution in [0.5, 0.6) is 0 Å². The first-order valence-corrected chi connectivity index (χ1v) is 6.83. The molecule has 0 aliphatic heterocycles. The zero-order valence-electron chi connectivity index (χ0n) is 9.96. The molecular weight excluding hydrogens is 208 g/mol. The molecule has 0 radical (unpaired) electrons. The van der Waals surface area contributed by atoms with Gasteiger partial charge in [0.1, 0.15) is 0 Å². The monoisotopic (exact) mass is 226 g/mol. The number of hydrogen-bond donors (Lipinski definition) is 0. The number of rotatable bonds is 1. The topological polar surface area (TPSA) is 34.1 Å². The summed E-state index contributed by atoms with van der Waals surface area (Å²) in [7, 11) is -3.10. The molecule has 1 aromatic rings. The Morgan fingerprint density at radius 3 is 2.07 bits per heavy atom. The first-order chi connectivity index (χ1) is 6.62. The molecule has 0 N–H and O–H groups in total. The Bertz CT molecular complexity index is 465. The van der Waals surface area contributed by atoms with E-state index in [1.54, 1.807) is 12.1 Å². The van der Waals surface area contributed by atoms with Gasteiger partial charge in [-0.2, -0.15) is 0 Å².